The molecule has 7 nitrogen and oxygen atoms in total. The predicted molar refractivity (Wildman–Crippen MR) is 119 cm³/mol. The van der Waals surface area contributed by atoms with E-state index >= 15 is 0 Å². The molecule has 4 atom stereocenters. The number of cyclic esters (lactones) is 1. The largest absolute Gasteiger partial charge is 0.493 e. The Morgan fingerprint density at radius 1 is 1.09 bits per heavy atom. The van der Waals surface area contributed by atoms with Gasteiger partial charge < -0.3 is 18.9 Å². The van der Waals surface area contributed by atoms with E-state index in [1.165, 1.54) is 32.3 Å². The van der Waals surface area contributed by atoms with Gasteiger partial charge in [0.05, 0.1) is 20.1 Å². The summed E-state index contributed by atoms with van der Waals surface area (Å²) in [5.74, 6) is -0.485. The molecule has 0 amide bonds. The minimum absolute atomic E-state index is 0.00566. The molecule has 7 heteroatoms. The number of ether oxygens (including phenoxy) is 4. The molecule has 0 bridgehead atoms. The third-order valence-electron chi connectivity index (χ3n) is 5.98. The maximum absolute atomic E-state index is 12.4. The topological polar surface area (TPSA) is 88.1 Å². The summed E-state index contributed by atoms with van der Waals surface area (Å²) >= 11 is 0. The number of ketones is 1. The summed E-state index contributed by atoms with van der Waals surface area (Å²) in [6.07, 6.45) is 7.80. The van der Waals surface area contributed by atoms with Crippen LogP contribution < -0.4 is 0 Å². The lowest BCUT2D eigenvalue weighted by molar-refractivity contribution is -0.151. The highest BCUT2D eigenvalue weighted by atomic mass is 16.6. The standard InChI is InChI=1S/C25H36O7/c1-15(8-7-9-16(2)12-20-13-17(3)25(28)32-20)10-11-19-14-21(27)23(29-5)24(30-6)22(19)31-18(4)26/h9-10,17,19-20,22H,7-8,11-14H2,1-6H3/b15-10+,16-9+/t17?,19-,20?,22-/m1/s1. The normalized spacial score (nSPS) is 26.8. The van der Waals surface area contributed by atoms with Crippen molar-refractivity contribution in [3.63, 3.8) is 0 Å². The van der Waals surface area contributed by atoms with Crippen molar-refractivity contribution in [2.45, 2.75) is 78.4 Å². The third-order valence-corrected chi connectivity index (χ3v) is 5.98. The summed E-state index contributed by atoms with van der Waals surface area (Å²) in [6.45, 7) is 7.38. The number of rotatable bonds is 10. The number of esters is 2. The molecule has 0 aromatic carbocycles. The Labute approximate surface area is 190 Å². The van der Waals surface area contributed by atoms with Crippen LogP contribution in [-0.2, 0) is 33.3 Å². The Morgan fingerprint density at radius 2 is 1.81 bits per heavy atom. The molecular weight excluding hydrogens is 412 g/mol. The zero-order chi connectivity index (χ0) is 23.8. The zero-order valence-corrected chi connectivity index (χ0v) is 20.1. The van der Waals surface area contributed by atoms with Crippen molar-refractivity contribution < 1.29 is 33.3 Å². The van der Waals surface area contributed by atoms with Crippen LogP contribution in [0.2, 0.25) is 0 Å². The molecule has 1 saturated heterocycles. The van der Waals surface area contributed by atoms with E-state index in [1.54, 1.807) is 0 Å². The molecule has 32 heavy (non-hydrogen) atoms. The first-order chi connectivity index (χ1) is 15.2. The van der Waals surface area contributed by atoms with Crippen molar-refractivity contribution in [2.75, 3.05) is 14.2 Å². The van der Waals surface area contributed by atoms with Gasteiger partial charge in [0, 0.05) is 25.7 Å². The van der Waals surface area contributed by atoms with Crippen LogP contribution in [0.1, 0.15) is 66.2 Å². The number of methoxy groups -OCH3 is 2. The SMILES string of the molecule is COC1=C(OC)[C@H](OC(C)=O)[C@H](C/C=C(\C)CC/C=C(\C)CC2CC(C)C(=O)O2)CC1=O. The Bertz CT molecular complexity index is 805. The summed E-state index contributed by atoms with van der Waals surface area (Å²) in [6, 6.07) is 0. The highest BCUT2D eigenvalue weighted by Crippen LogP contribution is 2.34. The molecule has 1 heterocycles. The van der Waals surface area contributed by atoms with Crippen LogP contribution in [0.15, 0.2) is 34.8 Å². The maximum Gasteiger partial charge on any atom is 0.309 e. The van der Waals surface area contributed by atoms with Gasteiger partial charge in [-0.1, -0.05) is 30.2 Å². The minimum Gasteiger partial charge on any atom is -0.493 e. The molecule has 2 rings (SSSR count). The first-order valence-corrected chi connectivity index (χ1v) is 11.2. The molecule has 1 fully saturated rings. The average Bonchev–Trinajstić information content (AvgIpc) is 3.03. The fourth-order valence-electron chi connectivity index (χ4n) is 4.26. The zero-order valence-electron chi connectivity index (χ0n) is 20.1. The van der Waals surface area contributed by atoms with Crippen LogP contribution in [0.4, 0.5) is 0 Å². The van der Waals surface area contributed by atoms with E-state index in [0.29, 0.717) is 6.42 Å². The van der Waals surface area contributed by atoms with E-state index in [2.05, 4.69) is 26.0 Å². The van der Waals surface area contributed by atoms with Gasteiger partial charge in [-0.05, 0) is 39.5 Å². The predicted octanol–water partition coefficient (Wildman–Crippen LogP) is 4.42. The smallest absolute Gasteiger partial charge is 0.309 e. The molecule has 178 valence electrons. The molecule has 0 saturated carbocycles. The highest BCUT2D eigenvalue weighted by molar-refractivity contribution is 5.95. The van der Waals surface area contributed by atoms with Crippen molar-refractivity contribution in [1.29, 1.82) is 0 Å². The molecular formula is C25H36O7. The van der Waals surface area contributed by atoms with Crippen molar-refractivity contribution in [3.05, 3.63) is 34.8 Å². The van der Waals surface area contributed by atoms with Crippen molar-refractivity contribution in [1.82, 2.24) is 0 Å². The number of carbonyl (C=O) groups is 3. The second-order valence-corrected chi connectivity index (χ2v) is 8.79. The van der Waals surface area contributed by atoms with E-state index in [-0.39, 0.29) is 47.6 Å². The van der Waals surface area contributed by atoms with E-state index in [1.807, 2.05) is 6.92 Å². The van der Waals surface area contributed by atoms with E-state index in [4.69, 9.17) is 18.9 Å². The Morgan fingerprint density at radius 3 is 2.38 bits per heavy atom. The fourth-order valence-corrected chi connectivity index (χ4v) is 4.26. The Hall–Kier alpha value is -2.57. The quantitative estimate of drug-likeness (QED) is 0.361. The number of hydrogen-bond acceptors (Lipinski definition) is 7. The second kappa shape index (κ2) is 11.9. The summed E-state index contributed by atoms with van der Waals surface area (Å²) in [5, 5.41) is 0. The third kappa shape index (κ3) is 6.97. The van der Waals surface area contributed by atoms with E-state index in [0.717, 1.165) is 25.7 Å². The molecule has 0 N–H and O–H groups in total. The molecule has 2 aliphatic rings. The van der Waals surface area contributed by atoms with Crippen LogP contribution >= 0.6 is 0 Å². The number of Topliss-reactive ketones (excluding diaryl/α,β-unsaturated/α-hetero) is 1. The second-order valence-electron chi connectivity index (χ2n) is 8.79. The van der Waals surface area contributed by atoms with Crippen LogP contribution in [-0.4, -0.2) is 44.1 Å². The first kappa shape index (κ1) is 25.7. The molecule has 1 aliphatic heterocycles. The van der Waals surface area contributed by atoms with Crippen LogP contribution in [0.5, 0.6) is 0 Å². The van der Waals surface area contributed by atoms with Gasteiger partial charge in [-0.15, -0.1) is 0 Å². The van der Waals surface area contributed by atoms with Crippen molar-refractivity contribution >= 4 is 17.7 Å². The molecule has 0 aromatic rings. The van der Waals surface area contributed by atoms with Gasteiger partial charge in [-0.3, -0.25) is 14.4 Å². The van der Waals surface area contributed by atoms with Gasteiger partial charge in [0.2, 0.25) is 11.5 Å². The van der Waals surface area contributed by atoms with Crippen molar-refractivity contribution in [3.8, 4) is 0 Å². The van der Waals surface area contributed by atoms with Crippen molar-refractivity contribution in [2.24, 2.45) is 11.8 Å². The van der Waals surface area contributed by atoms with Gasteiger partial charge >= 0.3 is 11.9 Å². The first-order valence-electron chi connectivity index (χ1n) is 11.2. The fraction of sp³-hybridized carbons (Fsp3) is 0.640. The van der Waals surface area contributed by atoms with Crippen LogP contribution in [0, 0.1) is 11.8 Å². The van der Waals surface area contributed by atoms with E-state index < -0.39 is 12.1 Å². The minimum atomic E-state index is -0.646. The van der Waals surface area contributed by atoms with Gasteiger partial charge in [-0.25, -0.2) is 0 Å². The van der Waals surface area contributed by atoms with Crippen LogP contribution in [0.25, 0.3) is 0 Å². The van der Waals surface area contributed by atoms with Gasteiger partial charge in [-0.2, -0.15) is 0 Å². The Balaban J connectivity index is 1.94. The van der Waals surface area contributed by atoms with Gasteiger partial charge in [0.25, 0.3) is 0 Å². The molecule has 0 spiro atoms. The molecule has 2 unspecified atom stereocenters. The lowest BCUT2D eigenvalue weighted by Crippen LogP contribution is -2.37. The summed E-state index contributed by atoms with van der Waals surface area (Å²) in [7, 11) is 2.86. The molecule has 0 radical (unpaired) electrons. The average molecular weight is 449 g/mol. The summed E-state index contributed by atoms with van der Waals surface area (Å²) in [4.78, 5) is 35.6. The van der Waals surface area contributed by atoms with E-state index in [9.17, 15) is 14.4 Å². The lowest BCUT2D eigenvalue weighted by atomic mass is 9.85. The number of carbonyl (C=O) groups excluding carboxylic acids is 3. The maximum atomic E-state index is 12.4. The number of allylic oxidation sites excluding steroid dienone is 4. The highest BCUT2D eigenvalue weighted by Gasteiger charge is 2.40. The monoisotopic (exact) mass is 448 g/mol. The van der Waals surface area contributed by atoms with Gasteiger partial charge in [0.15, 0.2) is 11.9 Å². The van der Waals surface area contributed by atoms with Crippen LogP contribution in [0.3, 0.4) is 0 Å². The molecule has 1 aliphatic carbocycles. The number of hydrogen-bond donors (Lipinski definition) is 0. The summed E-state index contributed by atoms with van der Waals surface area (Å²) < 4.78 is 21.4. The van der Waals surface area contributed by atoms with Gasteiger partial charge in [0.1, 0.15) is 6.10 Å². The molecule has 0 aromatic heterocycles. The Kier molecular flexibility index (Phi) is 9.54. The summed E-state index contributed by atoms with van der Waals surface area (Å²) in [5.41, 5.74) is 2.42. The lowest BCUT2D eigenvalue weighted by Gasteiger charge is -2.31.